The molecule has 0 radical (unpaired) electrons. The third kappa shape index (κ3) is 4.14. The standard InChI is InChI=1S/C26H24BrN5S/c1-30(2)19-12-14-21(15-13-19)32-25(24(29-26(32)33)22-6-3-4-16-28-22)23-7-5-17-31(23)20-10-8-18(27)9-11-20/h3-17,24-25H,1-2H3,(H,29,33)/t24-,25-/m0/s1. The molecule has 0 spiro atoms. The second kappa shape index (κ2) is 9.00. The van der Waals surface area contributed by atoms with Crippen molar-refractivity contribution < 1.29 is 0 Å². The van der Waals surface area contributed by atoms with Crippen LogP contribution in [-0.4, -0.2) is 28.8 Å². The van der Waals surface area contributed by atoms with Crippen LogP contribution in [0.4, 0.5) is 11.4 Å². The van der Waals surface area contributed by atoms with E-state index in [0.29, 0.717) is 5.11 Å². The van der Waals surface area contributed by atoms with Crippen LogP contribution in [0.15, 0.2) is 95.7 Å². The molecule has 3 heterocycles. The average Bonchev–Trinajstić information content (AvgIpc) is 3.44. The van der Waals surface area contributed by atoms with E-state index in [2.05, 4.69) is 114 Å². The second-order valence-electron chi connectivity index (χ2n) is 8.19. The van der Waals surface area contributed by atoms with E-state index in [1.807, 2.05) is 32.4 Å². The maximum Gasteiger partial charge on any atom is 0.174 e. The van der Waals surface area contributed by atoms with Crippen molar-refractivity contribution in [1.82, 2.24) is 14.9 Å². The highest BCUT2D eigenvalue weighted by molar-refractivity contribution is 9.10. The lowest BCUT2D eigenvalue weighted by molar-refractivity contribution is 0.549. The van der Waals surface area contributed by atoms with E-state index in [-0.39, 0.29) is 12.1 Å². The number of thiocarbonyl (C=S) groups is 1. The molecule has 2 atom stereocenters. The van der Waals surface area contributed by atoms with E-state index < -0.39 is 0 Å². The van der Waals surface area contributed by atoms with Gasteiger partial charge in [0.1, 0.15) is 6.04 Å². The van der Waals surface area contributed by atoms with Crippen molar-refractivity contribution in [1.29, 1.82) is 0 Å². The third-order valence-electron chi connectivity index (χ3n) is 5.93. The molecule has 7 heteroatoms. The highest BCUT2D eigenvalue weighted by Gasteiger charge is 2.42. The Hall–Kier alpha value is -3.16. The largest absolute Gasteiger partial charge is 0.378 e. The van der Waals surface area contributed by atoms with Gasteiger partial charge in [-0.2, -0.15) is 0 Å². The summed E-state index contributed by atoms with van der Waals surface area (Å²) in [6.45, 7) is 0. The van der Waals surface area contributed by atoms with Gasteiger partial charge in [-0.3, -0.25) is 4.98 Å². The number of halogens is 1. The number of rotatable bonds is 5. The van der Waals surface area contributed by atoms with Crippen molar-refractivity contribution in [2.45, 2.75) is 12.1 Å². The maximum atomic E-state index is 5.87. The quantitative estimate of drug-likeness (QED) is 0.334. The summed E-state index contributed by atoms with van der Waals surface area (Å²) in [6, 6.07) is 26.9. The monoisotopic (exact) mass is 517 g/mol. The maximum absolute atomic E-state index is 5.87. The Labute approximate surface area is 207 Å². The summed E-state index contributed by atoms with van der Waals surface area (Å²) < 4.78 is 3.28. The normalized spacial score (nSPS) is 17.8. The molecule has 1 fully saturated rings. The van der Waals surface area contributed by atoms with Gasteiger partial charge >= 0.3 is 0 Å². The van der Waals surface area contributed by atoms with Crippen molar-refractivity contribution in [3.05, 3.63) is 107 Å². The van der Waals surface area contributed by atoms with Crippen LogP contribution in [0.5, 0.6) is 0 Å². The van der Waals surface area contributed by atoms with Gasteiger partial charge in [0.05, 0.1) is 11.7 Å². The van der Waals surface area contributed by atoms with E-state index in [4.69, 9.17) is 12.2 Å². The molecule has 1 aliphatic rings. The fourth-order valence-electron chi connectivity index (χ4n) is 4.32. The molecule has 1 saturated heterocycles. The molecule has 0 aliphatic carbocycles. The van der Waals surface area contributed by atoms with Crippen LogP contribution < -0.4 is 15.1 Å². The molecule has 0 unspecified atom stereocenters. The summed E-state index contributed by atoms with van der Waals surface area (Å²) in [6.07, 6.45) is 3.93. The van der Waals surface area contributed by atoms with Gasteiger partial charge in [0, 0.05) is 53.7 Å². The Balaban J connectivity index is 1.63. The SMILES string of the molecule is CN(C)c1ccc(N2C(=S)N[C@@H](c3ccccn3)[C@@H]2c2cccn2-c2ccc(Br)cc2)cc1. The van der Waals surface area contributed by atoms with Crippen LogP contribution in [0, 0.1) is 0 Å². The summed E-state index contributed by atoms with van der Waals surface area (Å²) in [7, 11) is 4.09. The number of nitrogens with one attached hydrogen (secondary N) is 1. The Morgan fingerprint density at radius 1 is 0.909 bits per heavy atom. The second-order valence-corrected chi connectivity index (χ2v) is 9.49. The first-order valence-corrected chi connectivity index (χ1v) is 11.9. The summed E-state index contributed by atoms with van der Waals surface area (Å²) in [5, 5.41) is 4.24. The van der Waals surface area contributed by atoms with Gasteiger partial charge in [-0.25, -0.2) is 0 Å². The van der Waals surface area contributed by atoms with Crippen LogP contribution in [-0.2, 0) is 0 Å². The molecule has 0 saturated carbocycles. The van der Waals surface area contributed by atoms with Crippen LogP contribution in [0.25, 0.3) is 5.69 Å². The molecular formula is C26H24BrN5S. The molecule has 5 nitrogen and oxygen atoms in total. The van der Waals surface area contributed by atoms with Gasteiger partial charge in [0.2, 0.25) is 0 Å². The molecule has 33 heavy (non-hydrogen) atoms. The van der Waals surface area contributed by atoms with Crippen LogP contribution in [0.1, 0.15) is 23.5 Å². The lowest BCUT2D eigenvalue weighted by Crippen LogP contribution is -2.30. The molecule has 166 valence electrons. The van der Waals surface area contributed by atoms with Gasteiger partial charge in [-0.15, -0.1) is 0 Å². The highest BCUT2D eigenvalue weighted by atomic mass is 79.9. The van der Waals surface area contributed by atoms with Crippen LogP contribution in [0.2, 0.25) is 0 Å². The topological polar surface area (TPSA) is 36.3 Å². The lowest BCUT2D eigenvalue weighted by atomic mass is 10.0. The van der Waals surface area contributed by atoms with Crippen molar-refractivity contribution in [3.8, 4) is 5.69 Å². The molecular weight excluding hydrogens is 494 g/mol. The van der Waals surface area contributed by atoms with E-state index >= 15 is 0 Å². The van der Waals surface area contributed by atoms with Crippen molar-refractivity contribution in [2.24, 2.45) is 0 Å². The molecule has 0 bridgehead atoms. The number of aromatic nitrogens is 2. The zero-order valence-corrected chi connectivity index (χ0v) is 20.8. The molecule has 1 N–H and O–H groups in total. The first-order valence-electron chi connectivity index (χ1n) is 10.7. The van der Waals surface area contributed by atoms with E-state index in [0.717, 1.165) is 32.9 Å². The number of anilines is 2. The van der Waals surface area contributed by atoms with Gasteiger partial charge in [0.15, 0.2) is 5.11 Å². The molecule has 0 amide bonds. The highest BCUT2D eigenvalue weighted by Crippen LogP contribution is 2.42. The van der Waals surface area contributed by atoms with Gasteiger partial charge < -0.3 is 19.7 Å². The number of pyridine rings is 1. The third-order valence-corrected chi connectivity index (χ3v) is 6.77. The van der Waals surface area contributed by atoms with Crippen LogP contribution >= 0.6 is 28.1 Å². The predicted octanol–water partition coefficient (Wildman–Crippen LogP) is 5.88. The van der Waals surface area contributed by atoms with E-state index in [9.17, 15) is 0 Å². The molecule has 1 aliphatic heterocycles. The minimum atomic E-state index is -0.0867. The smallest absolute Gasteiger partial charge is 0.174 e. The van der Waals surface area contributed by atoms with E-state index in [1.165, 1.54) is 0 Å². The number of hydrogen-bond acceptors (Lipinski definition) is 3. The lowest BCUT2D eigenvalue weighted by Gasteiger charge is -2.29. The Morgan fingerprint density at radius 3 is 2.30 bits per heavy atom. The molecule has 2 aromatic heterocycles. The Bertz CT molecular complexity index is 1250. The number of nitrogens with zero attached hydrogens (tertiary/aromatic N) is 4. The van der Waals surface area contributed by atoms with Crippen molar-refractivity contribution in [2.75, 3.05) is 23.9 Å². The molecule has 4 aromatic rings. The number of benzene rings is 2. The Morgan fingerprint density at radius 2 is 1.64 bits per heavy atom. The number of hydrogen-bond donors (Lipinski definition) is 1. The predicted molar refractivity (Wildman–Crippen MR) is 142 cm³/mol. The fraction of sp³-hybridized carbons (Fsp3) is 0.154. The summed E-state index contributed by atoms with van der Waals surface area (Å²) in [5.41, 5.74) is 5.38. The minimum absolute atomic E-state index is 0.0729. The van der Waals surface area contributed by atoms with Gasteiger partial charge in [0.25, 0.3) is 0 Å². The first kappa shape index (κ1) is 21.7. The first-order chi connectivity index (χ1) is 16.0. The molecule has 5 rings (SSSR count). The zero-order valence-electron chi connectivity index (χ0n) is 18.4. The minimum Gasteiger partial charge on any atom is -0.378 e. The Kier molecular flexibility index (Phi) is 5.91. The summed E-state index contributed by atoms with van der Waals surface area (Å²) in [5.74, 6) is 0. The fourth-order valence-corrected chi connectivity index (χ4v) is 4.93. The van der Waals surface area contributed by atoms with Crippen molar-refractivity contribution in [3.63, 3.8) is 0 Å². The van der Waals surface area contributed by atoms with Crippen LogP contribution in [0.3, 0.4) is 0 Å². The average molecular weight is 518 g/mol. The summed E-state index contributed by atoms with van der Waals surface area (Å²) in [4.78, 5) is 8.97. The van der Waals surface area contributed by atoms with Crippen molar-refractivity contribution >= 4 is 44.6 Å². The van der Waals surface area contributed by atoms with Gasteiger partial charge in [-0.05, 0) is 85.0 Å². The molecule has 2 aromatic carbocycles. The zero-order chi connectivity index (χ0) is 22.9. The van der Waals surface area contributed by atoms with Gasteiger partial charge in [-0.1, -0.05) is 22.0 Å². The van der Waals surface area contributed by atoms with E-state index in [1.54, 1.807) is 0 Å². The summed E-state index contributed by atoms with van der Waals surface area (Å²) >= 11 is 9.41.